The average molecular weight is 301 g/mol. The number of halogens is 3. The van der Waals surface area contributed by atoms with Crippen LogP contribution in [0, 0.1) is 0 Å². The van der Waals surface area contributed by atoms with Crippen LogP contribution in [0.25, 0.3) is 0 Å². The Bertz CT molecular complexity index is 545. The van der Waals surface area contributed by atoms with Gasteiger partial charge in [-0.15, -0.1) is 6.58 Å². The molecule has 0 saturated heterocycles. The zero-order valence-corrected chi connectivity index (χ0v) is 12.2. The highest BCUT2D eigenvalue weighted by Crippen LogP contribution is 2.34. The van der Waals surface area contributed by atoms with Gasteiger partial charge in [0.2, 0.25) is 0 Å². The predicted molar refractivity (Wildman–Crippen MR) is 75.7 cm³/mol. The molecule has 0 heterocycles. The van der Waals surface area contributed by atoms with Crippen LogP contribution < -0.4 is 4.90 Å². The zero-order valence-electron chi connectivity index (χ0n) is 12.2. The SMILES string of the molecule is C=CCN(c1ccc(C(F)(F)F)cc1C(=O)O)C(C)(C)C. The van der Waals surface area contributed by atoms with E-state index in [0.717, 1.165) is 6.07 Å². The number of hydrogen-bond donors (Lipinski definition) is 1. The van der Waals surface area contributed by atoms with Crippen LogP contribution in [0.4, 0.5) is 18.9 Å². The van der Waals surface area contributed by atoms with Gasteiger partial charge in [-0.05, 0) is 39.0 Å². The molecule has 0 atom stereocenters. The number of carboxylic acid groups (broad SMARTS) is 1. The van der Waals surface area contributed by atoms with E-state index in [9.17, 15) is 23.1 Å². The van der Waals surface area contributed by atoms with Crippen molar-refractivity contribution in [1.29, 1.82) is 0 Å². The number of anilines is 1. The maximum atomic E-state index is 12.7. The molecule has 6 heteroatoms. The van der Waals surface area contributed by atoms with E-state index in [0.29, 0.717) is 12.6 Å². The van der Waals surface area contributed by atoms with Crippen LogP contribution in [0.5, 0.6) is 0 Å². The largest absolute Gasteiger partial charge is 0.478 e. The lowest BCUT2D eigenvalue weighted by Gasteiger charge is -2.38. The molecule has 3 nitrogen and oxygen atoms in total. The third kappa shape index (κ3) is 4.00. The second kappa shape index (κ2) is 5.79. The Morgan fingerprint density at radius 3 is 2.29 bits per heavy atom. The molecule has 1 rings (SSSR count). The molecular formula is C15H18F3NO2. The van der Waals surface area contributed by atoms with Crippen molar-refractivity contribution in [2.24, 2.45) is 0 Å². The fourth-order valence-corrected chi connectivity index (χ4v) is 1.98. The van der Waals surface area contributed by atoms with Crippen LogP contribution in [0.3, 0.4) is 0 Å². The first-order valence-corrected chi connectivity index (χ1v) is 6.31. The highest BCUT2D eigenvalue weighted by Gasteiger charge is 2.33. The summed E-state index contributed by atoms with van der Waals surface area (Å²) in [5, 5.41) is 9.22. The summed E-state index contributed by atoms with van der Waals surface area (Å²) in [4.78, 5) is 13.0. The molecule has 0 aliphatic rings. The minimum atomic E-state index is -4.58. The predicted octanol–water partition coefficient (Wildman–Crippen LogP) is 4.19. The monoisotopic (exact) mass is 301 g/mol. The molecule has 1 aromatic rings. The van der Waals surface area contributed by atoms with Crippen LogP contribution in [-0.4, -0.2) is 23.2 Å². The number of carbonyl (C=O) groups is 1. The molecule has 0 saturated carbocycles. The summed E-state index contributed by atoms with van der Waals surface area (Å²) in [7, 11) is 0. The number of carboxylic acids is 1. The number of nitrogens with zero attached hydrogens (tertiary/aromatic N) is 1. The Morgan fingerprint density at radius 1 is 1.33 bits per heavy atom. The van der Waals surface area contributed by atoms with Gasteiger partial charge < -0.3 is 10.0 Å². The van der Waals surface area contributed by atoms with Gasteiger partial charge in [-0.1, -0.05) is 6.08 Å². The van der Waals surface area contributed by atoms with Gasteiger partial charge in [0.05, 0.1) is 16.8 Å². The van der Waals surface area contributed by atoms with E-state index in [-0.39, 0.29) is 11.3 Å². The molecular weight excluding hydrogens is 283 g/mol. The summed E-state index contributed by atoms with van der Waals surface area (Å²) < 4.78 is 38.2. The van der Waals surface area contributed by atoms with Crippen LogP contribution in [0.2, 0.25) is 0 Å². The standard InChI is InChI=1S/C15H18F3NO2/c1-5-8-19(14(2,3)4)12-7-6-10(15(16,17)18)9-11(12)13(20)21/h5-7,9H,1,8H2,2-4H3,(H,20,21). The summed E-state index contributed by atoms with van der Waals surface area (Å²) in [5.41, 5.74) is -1.57. The topological polar surface area (TPSA) is 40.5 Å². The first-order valence-electron chi connectivity index (χ1n) is 6.31. The third-order valence-corrected chi connectivity index (χ3v) is 2.97. The van der Waals surface area contributed by atoms with Gasteiger partial charge in [-0.25, -0.2) is 4.79 Å². The van der Waals surface area contributed by atoms with Crippen molar-refractivity contribution >= 4 is 11.7 Å². The smallest absolute Gasteiger partial charge is 0.416 e. The fourth-order valence-electron chi connectivity index (χ4n) is 1.98. The second-order valence-corrected chi connectivity index (χ2v) is 5.60. The summed E-state index contributed by atoms with van der Waals surface area (Å²) in [6.07, 6.45) is -3.00. The molecule has 0 aliphatic heterocycles. The average Bonchev–Trinajstić information content (AvgIpc) is 2.32. The Balaban J connectivity index is 3.48. The van der Waals surface area contributed by atoms with Crippen molar-refractivity contribution < 1.29 is 23.1 Å². The van der Waals surface area contributed by atoms with Crippen LogP contribution in [0.15, 0.2) is 30.9 Å². The minimum Gasteiger partial charge on any atom is -0.478 e. The van der Waals surface area contributed by atoms with E-state index in [1.54, 1.807) is 11.0 Å². The van der Waals surface area contributed by atoms with Gasteiger partial charge >= 0.3 is 12.1 Å². The van der Waals surface area contributed by atoms with Crippen molar-refractivity contribution in [2.45, 2.75) is 32.5 Å². The second-order valence-electron chi connectivity index (χ2n) is 5.60. The Morgan fingerprint density at radius 2 is 1.90 bits per heavy atom. The minimum absolute atomic E-state index is 0.239. The van der Waals surface area contributed by atoms with Crippen LogP contribution in [0.1, 0.15) is 36.7 Å². The van der Waals surface area contributed by atoms with E-state index in [1.807, 2.05) is 20.8 Å². The van der Waals surface area contributed by atoms with E-state index < -0.39 is 23.2 Å². The van der Waals surface area contributed by atoms with Crippen LogP contribution in [-0.2, 0) is 6.18 Å². The van der Waals surface area contributed by atoms with Gasteiger partial charge in [0.15, 0.2) is 0 Å². The molecule has 0 amide bonds. The van der Waals surface area contributed by atoms with Crippen molar-refractivity contribution in [3.05, 3.63) is 42.0 Å². The molecule has 0 fully saturated rings. The van der Waals surface area contributed by atoms with Gasteiger partial charge in [0, 0.05) is 12.1 Å². The lowest BCUT2D eigenvalue weighted by atomic mass is 10.0. The molecule has 0 unspecified atom stereocenters. The zero-order chi connectivity index (χ0) is 16.4. The van der Waals surface area contributed by atoms with E-state index in [1.165, 1.54) is 6.07 Å². The Labute approximate surface area is 121 Å². The molecule has 1 aromatic carbocycles. The number of benzene rings is 1. The van der Waals surface area contributed by atoms with Crippen LogP contribution >= 0.6 is 0 Å². The summed E-state index contributed by atoms with van der Waals surface area (Å²) >= 11 is 0. The molecule has 0 spiro atoms. The highest BCUT2D eigenvalue weighted by atomic mass is 19.4. The number of rotatable bonds is 4. The lowest BCUT2D eigenvalue weighted by molar-refractivity contribution is -0.137. The Kier molecular flexibility index (Phi) is 4.71. The summed E-state index contributed by atoms with van der Waals surface area (Å²) in [6, 6.07) is 2.75. The third-order valence-electron chi connectivity index (χ3n) is 2.97. The number of aromatic carboxylic acids is 1. The van der Waals surface area contributed by atoms with Crippen molar-refractivity contribution in [3.63, 3.8) is 0 Å². The van der Waals surface area contributed by atoms with Crippen molar-refractivity contribution in [1.82, 2.24) is 0 Å². The Hall–Kier alpha value is -1.98. The summed E-state index contributed by atoms with van der Waals surface area (Å²) in [6.45, 7) is 9.47. The fraction of sp³-hybridized carbons (Fsp3) is 0.400. The van der Waals surface area contributed by atoms with Gasteiger partial charge in [0.25, 0.3) is 0 Å². The lowest BCUT2D eigenvalue weighted by Crippen LogP contribution is -2.42. The molecule has 0 aliphatic carbocycles. The first kappa shape index (κ1) is 17.1. The molecule has 21 heavy (non-hydrogen) atoms. The molecule has 116 valence electrons. The van der Waals surface area contributed by atoms with Gasteiger partial charge in [0.1, 0.15) is 0 Å². The normalized spacial score (nSPS) is 12.1. The van der Waals surface area contributed by atoms with E-state index in [4.69, 9.17) is 0 Å². The number of hydrogen-bond acceptors (Lipinski definition) is 2. The molecule has 0 radical (unpaired) electrons. The van der Waals surface area contributed by atoms with E-state index in [2.05, 4.69) is 6.58 Å². The maximum Gasteiger partial charge on any atom is 0.416 e. The van der Waals surface area contributed by atoms with Crippen molar-refractivity contribution in [3.8, 4) is 0 Å². The highest BCUT2D eigenvalue weighted by molar-refractivity contribution is 5.95. The van der Waals surface area contributed by atoms with Gasteiger partial charge in [-0.2, -0.15) is 13.2 Å². The van der Waals surface area contributed by atoms with Crippen molar-refractivity contribution in [2.75, 3.05) is 11.4 Å². The molecule has 0 aromatic heterocycles. The quantitative estimate of drug-likeness (QED) is 0.848. The molecule has 1 N–H and O–H groups in total. The molecule has 0 bridgehead atoms. The maximum absolute atomic E-state index is 12.7. The summed E-state index contributed by atoms with van der Waals surface area (Å²) in [5.74, 6) is -1.39. The van der Waals surface area contributed by atoms with Gasteiger partial charge in [-0.3, -0.25) is 0 Å². The number of alkyl halides is 3. The first-order chi connectivity index (χ1) is 9.48. The van der Waals surface area contributed by atoms with E-state index >= 15 is 0 Å².